The first kappa shape index (κ1) is 11.0. The summed E-state index contributed by atoms with van der Waals surface area (Å²) in [7, 11) is 1.81. The number of likely N-dealkylation sites (tertiary alicyclic amines) is 1. The normalized spacial score (nSPS) is 36.4. The number of aliphatic hydroxyl groups excluding tert-OH is 1. The zero-order valence-electron chi connectivity index (χ0n) is 9.52. The number of β-lactam (4-membered cyclic amide) rings is 1. The number of hydrogen-bond donors (Lipinski definition) is 1. The number of nitrogens with zero attached hydrogens (tertiary/aromatic N) is 1. The Kier molecular flexibility index (Phi) is 2.39. The minimum atomic E-state index is -0.618. The molecule has 0 saturated carbocycles. The van der Waals surface area contributed by atoms with Crippen LogP contribution in [0.15, 0.2) is 11.0 Å². The Morgan fingerprint density at radius 3 is 2.73 bits per heavy atom. The number of carbonyl (C=O) groups excluding carboxylic acids is 1. The first-order chi connectivity index (χ1) is 6.93. The molecule has 2 aliphatic heterocycles. The maximum Gasteiger partial charge on any atom is 0.244 e. The van der Waals surface area contributed by atoms with Crippen LogP contribution in [0.25, 0.3) is 0 Å². The Balaban J connectivity index is 2.33. The maximum absolute atomic E-state index is 12.0. The molecular weight excluding hydrogens is 210 g/mol. The van der Waals surface area contributed by atoms with E-state index >= 15 is 0 Å². The summed E-state index contributed by atoms with van der Waals surface area (Å²) in [6.07, 6.45) is -0.565. The van der Waals surface area contributed by atoms with E-state index in [1.54, 1.807) is 4.90 Å². The van der Waals surface area contributed by atoms with Crippen molar-refractivity contribution in [1.82, 2.24) is 4.90 Å². The van der Waals surface area contributed by atoms with E-state index in [0.717, 1.165) is 0 Å². The molecule has 2 aliphatic rings. The minimum Gasteiger partial charge on any atom is -0.391 e. The molecule has 84 valence electrons. The summed E-state index contributed by atoms with van der Waals surface area (Å²) < 4.78 is -0.618. The largest absolute Gasteiger partial charge is 0.391 e. The zero-order chi connectivity index (χ0) is 11.4. The molecule has 0 bridgehead atoms. The van der Waals surface area contributed by atoms with Gasteiger partial charge in [0.25, 0.3) is 0 Å². The number of amides is 1. The van der Waals surface area contributed by atoms with Crippen molar-refractivity contribution in [3.05, 3.63) is 11.0 Å². The van der Waals surface area contributed by atoms with Crippen LogP contribution in [0.2, 0.25) is 0 Å². The summed E-state index contributed by atoms with van der Waals surface area (Å²) in [5.41, 5.74) is 1.18. The van der Waals surface area contributed by atoms with E-state index in [1.165, 1.54) is 17.3 Å². The van der Waals surface area contributed by atoms with E-state index in [0.29, 0.717) is 0 Å². The van der Waals surface area contributed by atoms with E-state index in [1.807, 2.05) is 33.2 Å². The highest BCUT2D eigenvalue weighted by molar-refractivity contribution is 8.04. The summed E-state index contributed by atoms with van der Waals surface area (Å²) in [6, 6.07) is 0.0902. The van der Waals surface area contributed by atoms with Gasteiger partial charge >= 0.3 is 0 Å². The number of carbonyl (C=O) groups is 1. The first-order valence-corrected chi connectivity index (χ1v) is 6.10. The Morgan fingerprint density at radius 1 is 1.60 bits per heavy atom. The summed E-state index contributed by atoms with van der Waals surface area (Å²) in [6.45, 7) is 5.93. The summed E-state index contributed by atoms with van der Waals surface area (Å²) >= 11 is 1.49. The second-order valence-electron chi connectivity index (χ2n) is 4.78. The van der Waals surface area contributed by atoms with E-state index in [-0.39, 0.29) is 17.9 Å². The van der Waals surface area contributed by atoms with Gasteiger partial charge in [-0.25, -0.2) is 0 Å². The topological polar surface area (TPSA) is 40.5 Å². The van der Waals surface area contributed by atoms with Gasteiger partial charge in [-0.15, -0.1) is 11.8 Å². The van der Waals surface area contributed by atoms with Gasteiger partial charge in [0.1, 0.15) is 4.75 Å². The van der Waals surface area contributed by atoms with Crippen LogP contribution >= 0.6 is 11.8 Å². The minimum absolute atomic E-state index is 0.0619. The molecule has 0 aromatic carbocycles. The number of hydrogen-bond acceptors (Lipinski definition) is 3. The van der Waals surface area contributed by atoms with Crippen molar-refractivity contribution >= 4 is 17.7 Å². The van der Waals surface area contributed by atoms with Crippen molar-refractivity contribution in [1.29, 1.82) is 0 Å². The molecule has 0 spiro atoms. The van der Waals surface area contributed by atoms with Gasteiger partial charge in [0.2, 0.25) is 5.91 Å². The molecule has 0 radical (unpaired) electrons. The molecule has 4 heteroatoms. The molecule has 1 amide bonds. The molecule has 2 heterocycles. The SMILES string of the molecule is CC1=CS[C@@]2([C@@H](O)C(C)C)C(=O)N(C)[C@@H]12. The van der Waals surface area contributed by atoms with Crippen molar-refractivity contribution in [3.8, 4) is 0 Å². The number of likely N-dealkylation sites (N-methyl/N-ethyl adjacent to an activating group) is 1. The number of rotatable bonds is 2. The molecule has 0 aromatic heterocycles. The van der Waals surface area contributed by atoms with Gasteiger partial charge in [0, 0.05) is 7.05 Å². The lowest BCUT2D eigenvalue weighted by molar-refractivity contribution is -0.154. The van der Waals surface area contributed by atoms with Crippen LogP contribution in [0.4, 0.5) is 0 Å². The van der Waals surface area contributed by atoms with Crippen LogP contribution in [0.1, 0.15) is 20.8 Å². The fourth-order valence-electron chi connectivity index (χ4n) is 2.60. The highest BCUT2D eigenvalue weighted by Gasteiger charge is 2.66. The molecule has 15 heavy (non-hydrogen) atoms. The van der Waals surface area contributed by atoms with E-state index < -0.39 is 10.9 Å². The van der Waals surface area contributed by atoms with Gasteiger partial charge in [-0.2, -0.15) is 0 Å². The fourth-order valence-corrected chi connectivity index (χ4v) is 4.24. The van der Waals surface area contributed by atoms with Crippen LogP contribution in [0.5, 0.6) is 0 Å². The van der Waals surface area contributed by atoms with E-state index in [9.17, 15) is 9.90 Å². The van der Waals surface area contributed by atoms with Crippen molar-refractivity contribution in [2.45, 2.75) is 37.7 Å². The first-order valence-electron chi connectivity index (χ1n) is 5.22. The third kappa shape index (κ3) is 1.15. The third-order valence-corrected chi connectivity index (χ3v) is 4.91. The second-order valence-corrected chi connectivity index (χ2v) is 5.93. The lowest BCUT2D eigenvalue weighted by atomic mass is 9.76. The van der Waals surface area contributed by atoms with Crippen molar-refractivity contribution in [3.63, 3.8) is 0 Å². The van der Waals surface area contributed by atoms with Crippen LogP contribution in [0.3, 0.4) is 0 Å². The van der Waals surface area contributed by atoms with Gasteiger partial charge in [-0.1, -0.05) is 13.8 Å². The lowest BCUT2D eigenvalue weighted by Gasteiger charge is -2.54. The summed E-state index contributed by atoms with van der Waals surface area (Å²) in [5, 5.41) is 12.2. The van der Waals surface area contributed by atoms with Crippen molar-refractivity contribution in [2.24, 2.45) is 5.92 Å². The molecule has 0 unspecified atom stereocenters. The Hall–Kier alpha value is -0.480. The van der Waals surface area contributed by atoms with Crippen LogP contribution in [0, 0.1) is 5.92 Å². The second kappa shape index (κ2) is 3.25. The molecule has 3 nitrogen and oxygen atoms in total. The maximum atomic E-state index is 12.0. The van der Waals surface area contributed by atoms with Crippen LogP contribution in [-0.4, -0.2) is 39.9 Å². The molecule has 0 aromatic rings. The lowest BCUT2D eigenvalue weighted by Crippen LogP contribution is -2.74. The Morgan fingerprint density at radius 2 is 2.20 bits per heavy atom. The molecule has 2 rings (SSSR count). The monoisotopic (exact) mass is 227 g/mol. The van der Waals surface area contributed by atoms with Crippen molar-refractivity contribution < 1.29 is 9.90 Å². The fraction of sp³-hybridized carbons (Fsp3) is 0.727. The van der Waals surface area contributed by atoms with E-state index in [4.69, 9.17) is 0 Å². The number of fused-ring (bicyclic) bond motifs is 1. The summed E-state index contributed by atoms with van der Waals surface area (Å²) in [4.78, 5) is 13.7. The molecule has 3 atom stereocenters. The Bertz CT molecular complexity index is 339. The molecule has 1 saturated heterocycles. The molecule has 0 aliphatic carbocycles. The highest BCUT2D eigenvalue weighted by atomic mass is 32.2. The number of thioether (sulfide) groups is 1. The quantitative estimate of drug-likeness (QED) is 0.721. The smallest absolute Gasteiger partial charge is 0.244 e. The van der Waals surface area contributed by atoms with Gasteiger partial charge < -0.3 is 10.0 Å². The van der Waals surface area contributed by atoms with Gasteiger partial charge in [-0.05, 0) is 23.8 Å². The van der Waals surface area contributed by atoms with Gasteiger partial charge in [-0.3, -0.25) is 4.79 Å². The summed E-state index contributed by atoms with van der Waals surface area (Å²) in [5.74, 6) is 0.170. The van der Waals surface area contributed by atoms with Crippen LogP contribution in [-0.2, 0) is 4.79 Å². The van der Waals surface area contributed by atoms with Crippen molar-refractivity contribution in [2.75, 3.05) is 7.05 Å². The van der Waals surface area contributed by atoms with Crippen LogP contribution < -0.4 is 0 Å². The molecular formula is C11H17NO2S. The Labute approximate surface area is 94.5 Å². The third-order valence-electron chi connectivity index (χ3n) is 3.39. The standard InChI is InChI=1S/C11H17NO2S/c1-6(2)9(13)11-8(7(3)5-15-11)12(4)10(11)14/h5-6,8-9,13H,1-4H3/t8-,9-,11-/m0/s1. The van der Waals surface area contributed by atoms with E-state index in [2.05, 4.69) is 0 Å². The van der Waals surface area contributed by atoms with Gasteiger partial charge in [0.05, 0.1) is 12.1 Å². The average molecular weight is 227 g/mol. The average Bonchev–Trinajstić information content (AvgIpc) is 2.51. The zero-order valence-corrected chi connectivity index (χ0v) is 10.3. The molecule has 1 fully saturated rings. The van der Waals surface area contributed by atoms with Gasteiger partial charge in [0.15, 0.2) is 0 Å². The molecule has 1 N–H and O–H groups in total. The number of aliphatic hydroxyl groups is 1. The predicted octanol–water partition coefficient (Wildman–Crippen LogP) is 1.23. The predicted molar refractivity (Wildman–Crippen MR) is 61.5 cm³/mol. The highest BCUT2D eigenvalue weighted by Crippen LogP contribution is 2.54.